The lowest BCUT2D eigenvalue weighted by atomic mass is 10.4. The van der Waals surface area contributed by atoms with Crippen molar-refractivity contribution in [3.63, 3.8) is 0 Å². The number of rotatable bonds is 5. The molecule has 2 aromatic rings. The van der Waals surface area contributed by atoms with Gasteiger partial charge in [-0.05, 0) is 18.5 Å². The minimum atomic E-state index is -3.59. The van der Waals surface area contributed by atoms with E-state index < -0.39 is 10.0 Å². The highest BCUT2D eigenvalue weighted by Gasteiger charge is 2.20. The second-order valence-electron chi connectivity index (χ2n) is 3.37. The van der Waals surface area contributed by atoms with Crippen LogP contribution in [0.4, 0.5) is 5.69 Å². The highest BCUT2D eigenvalue weighted by atomic mass is 32.2. The Morgan fingerprint density at radius 1 is 1.53 bits per heavy atom. The fourth-order valence-corrected chi connectivity index (χ4v) is 3.22. The van der Waals surface area contributed by atoms with Crippen LogP contribution in [0.2, 0.25) is 0 Å². The molecular formula is C9H12N4O2S2. The number of hydrogen-bond acceptors (Lipinski definition) is 5. The molecule has 2 rings (SSSR count). The number of H-pyrrole nitrogens is 1. The van der Waals surface area contributed by atoms with Crippen molar-refractivity contribution < 1.29 is 8.42 Å². The normalized spacial score (nSPS) is 11.6. The van der Waals surface area contributed by atoms with Crippen molar-refractivity contribution in [1.29, 1.82) is 0 Å². The van der Waals surface area contributed by atoms with Gasteiger partial charge in [-0.2, -0.15) is 24.9 Å². The first-order valence-corrected chi connectivity index (χ1v) is 7.28. The summed E-state index contributed by atoms with van der Waals surface area (Å²) in [7, 11) is -1.85. The summed E-state index contributed by atoms with van der Waals surface area (Å²) in [6.07, 6.45) is 1.50. The van der Waals surface area contributed by atoms with E-state index in [4.69, 9.17) is 0 Å². The van der Waals surface area contributed by atoms with Crippen LogP contribution in [0.3, 0.4) is 0 Å². The molecule has 0 aliphatic carbocycles. The van der Waals surface area contributed by atoms with Gasteiger partial charge < -0.3 is 5.32 Å². The topological polar surface area (TPSA) is 86.9 Å². The van der Waals surface area contributed by atoms with Gasteiger partial charge in [0.2, 0.25) is 0 Å². The lowest BCUT2D eigenvalue weighted by Crippen LogP contribution is -2.16. The molecule has 0 fully saturated rings. The van der Waals surface area contributed by atoms with Crippen LogP contribution in [0, 0.1) is 0 Å². The van der Waals surface area contributed by atoms with E-state index in [9.17, 15) is 8.42 Å². The molecule has 0 aromatic carbocycles. The Hall–Kier alpha value is -1.38. The lowest BCUT2D eigenvalue weighted by Gasteiger charge is -2.06. The molecule has 8 heteroatoms. The maximum absolute atomic E-state index is 12.1. The number of nitrogens with zero attached hydrogens (tertiary/aromatic N) is 1. The molecule has 92 valence electrons. The first-order chi connectivity index (χ1) is 8.13. The van der Waals surface area contributed by atoms with E-state index in [1.807, 2.05) is 0 Å². The zero-order valence-corrected chi connectivity index (χ0v) is 10.7. The molecule has 6 nitrogen and oxygen atoms in total. The monoisotopic (exact) mass is 272 g/mol. The molecule has 0 saturated heterocycles. The Bertz CT molecular complexity index is 574. The summed E-state index contributed by atoms with van der Waals surface area (Å²) >= 11 is 1.43. The zero-order chi connectivity index (χ0) is 12.3. The predicted molar refractivity (Wildman–Crippen MR) is 66.5 cm³/mol. The second-order valence-corrected chi connectivity index (χ2v) is 5.77. The van der Waals surface area contributed by atoms with E-state index in [2.05, 4.69) is 20.2 Å². The van der Waals surface area contributed by atoms with Crippen LogP contribution in [0.25, 0.3) is 0 Å². The lowest BCUT2D eigenvalue weighted by molar-refractivity contribution is 0.595. The summed E-state index contributed by atoms with van der Waals surface area (Å²) in [5, 5.41) is 12.8. The fourth-order valence-electron chi connectivity index (χ4n) is 1.38. The van der Waals surface area contributed by atoms with E-state index in [1.165, 1.54) is 17.5 Å². The number of aromatic nitrogens is 2. The van der Waals surface area contributed by atoms with Gasteiger partial charge in [0.05, 0.1) is 11.9 Å². The molecule has 17 heavy (non-hydrogen) atoms. The largest absolute Gasteiger partial charge is 0.316 e. The van der Waals surface area contributed by atoms with Gasteiger partial charge >= 0.3 is 0 Å². The number of hydrogen-bond donors (Lipinski definition) is 3. The number of nitrogens with one attached hydrogen (secondary N) is 3. The van der Waals surface area contributed by atoms with Gasteiger partial charge in [0.25, 0.3) is 10.0 Å². The average molecular weight is 272 g/mol. The van der Waals surface area contributed by atoms with Crippen molar-refractivity contribution in [2.45, 2.75) is 11.6 Å². The van der Waals surface area contributed by atoms with Gasteiger partial charge in [0.15, 0.2) is 5.03 Å². The van der Waals surface area contributed by atoms with Gasteiger partial charge in [-0.25, -0.2) is 0 Å². The standard InChI is InChI=1S/C9H12N4O2S2/c1-10-4-7-5-11-12-9(7)17(14,15)13-8-2-3-16-6-8/h2-3,5-6,10,13H,4H2,1H3,(H,11,12). The van der Waals surface area contributed by atoms with Crippen LogP contribution >= 0.6 is 11.3 Å². The highest BCUT2D eigenvalue weighted by molar-refractivity contribution is 7.92. The fraction of sp³-hybridized carbons (Fsp3) is 0.222. The minimum absolute atomic E-state index is 0.0954. The van der Waals surface area contributed by atoms with Crippen LogP contribution in [0.5, 0.6) is 0 Å². The van der Waals surface area contributed by atoms with Crippen molar-refractivity contribution in [2.24, 2.45) is 0 Å². The Kier molecular flexibility index (Phi) is 3.46. The predicted octanol–water partition coefficient (Wildman–Crippen LogP) is 0.991. The molecule has 0 amide bonds. The van der Waals surface area contributed by atoms with Crippen LogP contribution in [-0.2, 0) is 16.6 Å². The van der Waals surface area contributed by atoms with Crippen LogP contribution in [-0.4, -0.2) is 25.7 Å². The minimum Gasteiger partial charge on any atom is -0.316 e. The Morgan fingerprint density at radius 2 is 2.35 bits per heavy atom. The van der Waals surface area contributed by atoms with Crippen molar-refractivity contribution >= 4 is 27.0 Å². The van der Waals surface area contributed by atoms with Crippen LogP contribution in [0.15, 0.2) is 28.0 Å². The zero-order valence-electron chi connectivity index (χ0n) is 9.10. The average Bonchev–Trinajstić information content (AvgIpc) is 2.88. The molecule has 0 saturated carbocycles. The third kappa shape index (κ3) is 2.65. The molecule has 0 aliphatic heterocycles. The van der Waals surface area contributed by atoms with E-state index in [0.717, 1.165) is 0 Å². The molecule has 0 spiro atoms. The second kappa shape index (κ2) is 4.86. The first kappa shape index (κ1) is 12.1. The smallest absolute Gasteiger partial charge is 0.279 e. The van der Waals surface area contributed by atoms with Crippen molar-refractivity contribution in [3.05, 3.63) is 28.6 Å². The van der Waals surface area contributed by atoms with E-state index in [1.54, 1.807) is 23.9 Å². The molecule has 0 unspecified atom stereocenters. The molecule has 0 bridgehead atoms. The number of anilines is 1. The molecule has 3 N–H and O–H groups in total. The van der Waals surface area contributed by atoms with Crippen LogP contribution in [0.1, 0.15) is 5.56 Å². The summed E-state index contributed by atoms with van der Waals surface area (Å²) in [6.45, 7) is 0.441. The van der Waals surface area contributed by atoms with Gasteiger partial charge in [0, 0.05) is 17.5 Å². The molecule has 0 radical (unpaired) electrons. The molecular weight excluding hydrogens is 260 g/mol. The summed E-state index contributed by atoms with van der Waals surface area (Å²) in [6, 6.07) is 1.70. The van der Waals surface area contributed by atoms with Gasteiger partial charge in [-0.3, -0.25) is 9.82 Å². The quantitative estimate of drug-likeness (QED) is 0.757. The van der Waals surface area contributed by atoms with Gasteiger partial charge in [0.1, 0.15) is 0 Å². The molecule has 2 heterocycles. The first-order valence-electron chi connectivity index (χ1n) is 4.85. The van der Waals surface area contributed by atoms with Crippen molar-refractivity contribution in [2.75, 3.05) is 11.8 Å². The van der Waals surface area contributed by atoms with Gasteiger partial charge in [-0.15, -0.1) is 0 Å². The summed E-state index contributed by atoms with van der Waals surface area (Å²) in [5.74, 6) is 0. The molecule has 0 atom stereocenters. The highest BCUT2D eigenvalue weighted by Crippen LogP contribution is 2.19. The van der Waals surface area contributed by atoms with Crippen molar-refractivity contribution in [1.82, 2.24) is 15.5 Å². The van der Waals surface area contributed by atoms with E-state index in [-0.39, 0.29) is 5.03 Å². The molecule has 0 aliphatic rings. The number of sulfonamides is 1. The Balaban J connectivity index is 2.28. The maximum atomic E-state index is 12.1. The third-order valence-corrected chi connectivity index (χ3v) is 4.17. The van der Waals surface area contributed by atoms with Gasteiger partial charge in [-0.1, -0.05) is 0 Å². The van der Waals surface area contributed by atoms with E-state index in [0.29, 0.717) is 17.8 Å². The third-order valence-electron chi connectivity index (χ3n) is 2.09. The molecule has 2 aromatic heterocycles. The van der Waals surface area contributed by atoms with Crippen LogP contribution < -0.4 is 10.0 Å². The Labute approximate surface area is 103 Å². The van der Waals surface area contributed by atoms with Crippen molar-refractivity contribution in [3.8, 4) is 0 Å². The SMILES string of the molecule is CNCc1cn[nH]c1S(=O)(=O)Nc1ccsc1. The number of aromatic amines is 1. The summed E-state index contributed by atoms with van der Waals surface area (Å²) in [5.41, 5.74) is 1.16. The number of thiophene rings is 1. The summed E-state index contributed by atoms with van der Waals surface area (Å²) in [4.78, 5) is 0. The van der Waals surface area contributed by atoms with E-state index >= 15 is 0 Å². The Morgan fingerprint density at radius 3 is 3.00 bits per heavy atom. The maximum Gasteiger partial charge on any atom is 0.279 e. The summed E-state index contributed by atoms with van der Waals surface area (Å²) < 4.78 is 26.6.